The molecule has 0 unspecified atom stereocenters. The molecule has 0 radical (unpaired) electrons. The molecule has 2 aromatic heterocycles. The van der Waals surface area contributed by atoms with Crippen molar-refractivity contribution >= 4 is 49.4 Å². The first-order valence-corrected chi connectivity index (χ1v) is 13.3. The number of anilines is 1. The van der Waals surface area contributed by atoms with Crippen LogP contribution >= 0.6 is 11.8 Å². The van der Waals surface area contributed by atoms with Gasteiger partial charge < -0.3 is 4.57 Å². The fourth-order valence-corrected chi connectivity index (χ4v) is 7.13. The van der Waals surface area contributed by atoms with Gasteiger partial charge in [0.1, 0.15) is 5.65 Å². The molecule has 33 heavy (non-hydrogen) atoms. The molecule has 0 spiro atoms. The van der Waals surface area contributed by atoms with Gasteiger partial charge in [-0.3, -0.25) is 4.31 Å². The van der Waals surface area contributed by atoms with Crippen molar-refractivity contribution in [3.8, 4) is 11.1 Å². The van der Waals surface area contributed by atoms with Gasteiger partial charge in [-0.05, 0) is 30.5 Å². The average molecular weight is 472 g/mol. The first-order valence-electron chi connectivity index (χ1n) is 10.6. The number of para-hydroxylation sites is 2. The van der Waals surface area contributed by atoms with Crippen molar-refractivity contribution in [2.24, 2.45) is 7.05 Å². The summed E-state index contributed by atoms with van der Waals surface area (Å²) >= 11 is 1.69. The zero-order chi connectivity index (χ0) is 22.7. The average Bonchev–Trinajstić information content (AvgIpc) is 3.14. The van der Waals surface area contributed by atoms with E-state index in [0.717, 1.165) is 43.7 Å². The summed E-state index contributed by atoms with van der Waals surface area (Å²) in [6.07, 6.45) is 2.08. The molecule has 0 N–H and O–H groups in total. The zero-order valence-electron chi connectivity index (χ0n) is 18.2. The van der Waals surface area contributed by atoms with E-state index in [9.17, 15) is 8.42 Å². The number of benzene rings is 3. The van der Waals surface area contributed by atoms with Crippen LogP contribution in [0.5, 0.6) is 0 Å². The second-order valence-corrected chi connectivity index (χ2v) is 10.8. The van der Waals surface area contributed by atoms with E-state index in [-0.39, 0.29) is 11.4 Å². The third-order valence-corrected chi connectivity index (χ3v) is 8.92. The molecule has 0 fully saturated rings. The lowest BCUT2D eigenvalue weighted by Gasteiger charge is -2.32. The molecular formula is C26H21N3O2S2. The van der Waals surface area contributed by atoms with E-state index in [2.05, 4.69) is 23.0 Å². The Kier molecular flexibility index (Phi) is 4.54. The van der Waals surface area contributed by atoms with Crippen LogP contribution in [0.1, 0.15) is 5.69 Å². The lowest BCUT2D eigenvalue weighted by atomic mass is 9.97. The van der Waals surface area contributed by atoms with Gasteiger partial charge in [-0.25, -0.2) is 13.4 Å². The highest BCUT2D eigenvalue weighted by Gasteiger charge is 2.34. The highest BCUT2D eigenvalue weighted by Crippen LogP contribution is 2.48. The van der Waals surface area contributed by atoms with Gasteiger partial charge in [-0.1, -0.05) is 54.6 Å². The highest BCUT2D eigenvalue weighted by atomic mass is 32.2. The number of aryl methyl sites for hydroxylation is 1. The van der Waals surface area contributed by atoms with Crippen LogP contribution in [0.4, 0.5) is 5.69 Å². The van der Waals surface area contributed by atoms with Crippen molar-refractivity contribution < 1.29 is 8.42 Å². The summed E-state index contributed by atoms with van der Waals surface area (Å²) in [6, 6.07) is 24.6. The minimum absolute atomic E-state index is 0.189. The number of pyridine rings is 1. The number of sulfonamides is 1. The fourth-order valence-electron chi connectivity index (χ4n) is 4.83. The quantitative estimate of drug-likeness (QED) is 0.311. The molecule has 0 saturated carbocycles. The van der Waals surface area contributed by atoms with Crippen LogP contribution in [-0.2, 0) is 23.6 Å². The van der Waals surface area contributed by atoms with E-state index in [1.165, 1.54) is 4.31 Å². The maximum absolute atomic E-state index is 13.7. The number of fused-ring (bicyclic) bond motifs is 6. The Labute approximate surface area is 196 Å². The number of hydrogen-bond acceptors (Lipinski definition) is 4. The van der Waals surface area contributed by atoms with Crippen LogP contribution in [-0.4, -0.2) is 24.2 Å². The van der Waals surface area contributed by atoms with Gasteiger partial charge in [0.15, 0.2) is 0 Å². The topological polar surface area (TPSA) is 55.2 Å². The summed E-state index contributed by atoms with van der Waals surface area (Å²) < 4.78 is 30.9. The summed E-state index contributed by atoms with van der Waals surface area (Å²) in [4.78, 5) is 6.47. The maximum Gasteiger partial charge on any atom is 0.264 e. The normalized spacial score (nSPS) is 13.3. The van der Waals surface area contributed by atoms with E-state index in [1.807, 2.05) is 49.5 Å². The van der Waals surface area contributed by atoms with E-state index in [0.29, 0.717) is 5.69 Å². The smallest absolute Gasteiger partial charge is 0.264 e. The molecule has 5 aromatic rings. The van der Waals surface area contributed by atoms with E-state index < -0.39 is 10.0 Å². The van der Waals surface area contributed by atoms with E-state index in [1.54, 1.807) is 36.0 Å². The fraction of sp³-hybridized carbons (Fsp3) is 0.115. The maximum atomic E-state index is 13.7. The minimum atomic E-state index is -3.75. The Morgan fingerprint density at radius 2 is 1.61 bits per heavy atom. The predicted octanol–water partition coefficient (Wildman–Crippen LogP) is 5.82. The molecule has 0 aliphatic carbocycles. The Morgan fingerprint density at radius 3 is 2.39 bits per heavy atom. The van der Waals surface area contributed by atoms with Crippen LogP contribution in [0.2, 0.25) is 0 Å². The Balaban J connectivity index is 1.68. The van der Waals surface area contributed by atoms with Gasteiger partial charge in [0.2, 0.25) is 0 Å². The standard InChI is InChI=1S/C26H21N3O2S2/c1-28-21-14-8-6-12-18(21)24-25(32-2)23-19-13-7-9-15-22(19)29(16-20(23)27-26(24)28)33(30,31)17-10-4-3-5-11-17/h3-15H,16H2,1-2H3. The van der Waals surface area contributed by atoms with Crippen LogP contribution in [0.3, 0.4) is 0 Å². The summed E-state index contributed by atoms with van der Waals surface area (Å²) in [5, 5.41) is 2.28. The van der Waals surface area contributed by atoms with Crippen molar-refractivity contribution in [2.45, 2.75) is 16.3 Å². The molecule has 6 rings (SSSR count). The Bertz CT molecular complexity index is 1660. The van der Waals surface area contributed by atoms with Gasteiger partial charge in [0, 0.05) is 33.8 Å². The zero-order valence-corrected chi connectivity index (χ0v) is 19.8. The molecule has 0 bridgehead atoms. The number of nitrogens with zero attached hydrogens (tertiary/aromatic N) is 3. The Hall–Kier alpha value is -3.29. The monoisotopic (exact) mass is 471 g/mol. The van der Waals surface area contributed by atoms with Gasteiger partial charge in [0.25, 0.3) is 10.0 Å². The Morgan fingerprint density at radius 1 is 0.909 bits per heavy atom. The van der Waals surface area contributed by atoms with Gasteiger partial charge in [-0.15, -0.1) is 11.8 Å². The number of thioether (sulfide) groups is 1. The van der Waals surface area contributed by atoms with E-state index in [4.69, 9.17) is 4.98 Å². The van der Waals surface area contributed by atoms with Gasteiger partial charge >= 0.3 is 0 Å². The molecule has 0 atom stereocenters. The SMILES string of the molecule is CSc1c2c(nc3c1c1ccccc1n3C)CN(S(=O)(=O)c1ccccc1)c1ccccc1-2. The van der Waals surface area contributed by atoms with Crippen LogP contribution in [0.15, 0.2) is 88.7 Å². The van der Waals surface area contributed by atoms with Gasteiger partial charge in [-0.2, -0.15) is 0 Å². The van der Waals surface area contributed by atoms with Crippen molar-refractivity contribution in [3.05, 3.63) is 84.6 Å². The first-order chi connectivity index (χ1) is 16.0. The molecule has 1 aliphatic rings. The molecule has 5 nitrogen and oxygen atoms in total. The largest absolute Gasteiger partial charge is 0.328 e. The van der Waals surface area contributed by atoms with Crippen LogP contribution in [0, 0.1) is 0 Å². The number of rotatable bonds is 3. The first kappa shape index (κ1) is 20.3. The van der Waals surface area contributed by atoms with E-state index >= 15 is 0 Å². The molecular weight excluding hydrogens is 450 g/mol. The van der Waals surface area contributed by atoms with Crippen LogP contribution < -0.4 is 4.31 Å². The molecule has 1 aliphatic heterocycles. The van der Waals surface area contributed by atoms with Crippen molar-refractivity contribution in [2.75, 3.05) is 10.6 Å². The minimum Gasteiger partial charge on any atom is -0.328 e. The highest BCUT2D eigenvalue weighted by molar-refractivity contribution is 7.99. The van der Waals surface area contributed by atoms with Gasteiger partial charge in [0.05, 0.1) is 28.3 Å². The molecule has 0 amide bonds. The molecule has 7 heteroatoms. The predicted molar refractivity (Wildman–Crippen MR) is 135 cm³/mol. The third-order valence-electron chi connectivity index (χ3n) is 6.33. The number of hydrogen-bond donors (Lipinski definition) is 0. The van der Waals surface area contributed by atoms with Crippen LogP contribution in [0.25, 0.3) is 33.1 Å². The van der Waals surface area contributed by atoms with Crippen molar-refractivity contribution in [1.82, 2.24) is 9.55 Å². The summed E-state index contributed by atoms with van der Waals surface area (Å²) in [6.45, 7) is 0.189. The van der Waals surface area contributed by atoms with Crippen molar-refractivity contribution in [3.63, 3.8) is 0 Å². The molecule has 3 aromatic carbocycles. The summed E-state index contributed by atoms with van der Waals surface area (Å²) in [5.41, 5.74) is 5.36. The summed E-state index contributed by atoms with van der Waals surface area (Å²) in [5.74, 6) is 0. The lowest BCUT2D eigenvalue weighted by Crippen LogP contribution is -2.34. The third kappa shape index (κ3) is 2.85. The second-order valence-electron chi connectivity index (χ2n) is 8.08. The summed E-state index contributed by atoms with van der Waals surface area (Å²) in [7, 11) is -1.73. The number of aromatic nitrogens is 2. The molecule has 3 heterocycles. The molecule has 164 valence electrons. The molecule has 0 saturated heterocycles. The second kappa shape index (κ2) is 7.37. The van der Waals surface area contributed by atoms with Crippen molar-refractivity contribution in [1.29, 1.82) is 0 Å². The lowest BCUT2D eigenvalue weighted by molar-refractivity contribution is 0.589.